The van der Waals surface area contributed by atoms with Crippen molar-refractivity contribution in [2.75, 3.05) is 19.6 Å². The highest BCUT2D eigenvalue weighted by atomic mass is 19.4. The van der Waals surface area contributed by atoms with Crippen molar-refractivity contribution in [3.63, 3.8) is 0 Å². The summed E-state index contributed by atoms with van der Waals surface area (Å²) in [5, 5.41) is 3.03. The Balaban J connectivity index is 2.10. The van der Waals surface area contributed by atoms with Crippen LogP contribution in [-0.4, -0.2) is 36.6 Å². The number of halogens is 3. The van der Waals surface area contributed by atoms with E-state index in [0.717, 1.165) is 4.90 Å². The number of hydrogen-bond donors (Lipinski definition) is 1. The van der Waals surface area contributed by atoms with Crippen LogP contribution in [0.3, 0.4) is 0 Å². The van der Waals surface area contributed by atoms with Gasteiger partial charge in [0.15, 0.2) is 0 Å². The summed E-state index contributed by atoms with van der Waals surface area (Å²) in [5.74, 6) is -0.500. The maximum atomic E-state index is 12.6. The van der Waals surface area contributed by atoms with Crippen molar-refractivity contribution in [2.24, 2.45) is 11.8 Å². The molecular formula is C13H17F3N2O2. The van der Waals surface area contributed by atoms with E-state index in [1.807, 2.05) is 6.92 Å². The maximum Gasteiger partial charge on any atom is 0.406 e. The van der Waals surface area contributed by atoms with E-state index in [1.165, 1.54) is 6.26 Å². The van der Waals surface area contributed by atoms with Crippen molar-refractivity contribution in [3.05, 3.63) is 24.2 Å². The summed E-state index contributed by atoms with van der Waals surface area (Å²) in [5.41, 5.74) is 0. The third-order valence-electron chi connectivity index (χ3n) is 3.44. The summed E-state index contributed by atoms with van der Waals surface area (Å²) >= 11 is 0. The van der Waals surface area contributed by atoms with Crippen molar-refractivity contribution in [2.45, 2.75) is 19.6 Å². The third kappa shape index (κ3) is 3.75. The largest absolute Gasteiger partial charge is 0.467 e. The van der Waals surface area contributed by atoms with E-state index < -0.39 is 24.5 Å². The monoisotopic (exact) mass is 290 g/mol. The molecule has 112 valence electrons. The minimum absolute atomic E-state index is 0.0369. The average Bonchev–Trinajstić information content (AvgIpc) is 2.97. The van der Waals surface area contributed by atoms with E-state index >= 15 is 0 Å². The molecule has 0 saturated carbocycles. The molecule has 1 aliphatic heterocycles. The summed E-state index contributed by atoms with van der Waals surface area (Å²) in [6.07, 6.45) is -3.04. The number of hydrogen-bond acceptors (Lipinski definition) is 3. The van der Waals surface area contributed by atoms with Crippen molar-refractivity contribution >= 4 is 5.91 Å². The third-order valence-corrected chi connectivity index (χ3v) is 3.44. The molecule has 0 bridgehead atoms. The van der Waals surface area contributed by atoms with E-state index in [-0.39, 0.29) is 12.5 Å². The number of furan rings is 1. The Labute approximate surface area is 114 Å². The number of rotatable bonds is 4. The van der Waals surface area contributed by atoms with Gasteiger partial charge in [0, 0.05) is 6.54 Å². The molecule has 0 spiro atoms. The molecule has 4 nitrogen and oxygen atoms in total. The van der Waals surface area contributed by atoms with Gasteiger partial charge in [0.1, 0.15) is 12.3 Å². The van der Waals surface area contributed by atoms with E-state index in [2.05, 4.69) is 5.32 Å². The molecule has 1 N–H and O–H groups in total. The van der Waals surface area contributed by atoms with Gasteiger partial charge in [-0.25, -0.2) is 0 Å². The van der Waals surface area contributed by atoms with Gasteiger partial charge in [0.2, 0.25) is 5.91 Å². The van der Waals surface area contributed by atoms with Crippen LogP contribution in [-0.2, 0) is 11.3 Å². The predicted molar refractivity (Wildman–Crippen MR) is 65.7 cm³/mol. The molecule has 1 saturated heterocycles. The highest BCUT2D eigenvalue weighted by molar-refractivity contribution is 5.79. The first-order valence-electron chi connectivity index (χ1n) is 6.45. The minimum Gasteiger partial charge on any atom is -0.467 e. The first-order valence-corrected chi connectivity index (χ1v) is 6.45. The number of nitrogens with one attached hydrogen (secondary N) is 1. The Kier molecular flexibility index (Phi) is 4.37. The molecule has 1 amide bonds. The Morgan fingerprint density at radius 1 is 1.50 bits per heavy atom. The van der Waals surface area contributed by atoms with E-state index in [9.17, 15) is 18.0 Å². The second-order valence-electron chi connectivity index (χ2n) is 5.13. The van der Waals surface area contributed by atoms with E-state index in [4.69, 9.17) is 4.42 Å². The van der Waals surface area contributed by atoms with Crippen LogP contribution >= 0.6 is 0 Å². The molecule has 7 heteroatoms. The van der Waals surface area contributed by atoms with Crippen LogP contribution in [0, 0.1) is 11.8 Å². The van der Waals surface area contributed by atoms with Gasteiger partial charge in [0.05, 0.1) is 18.7 Å². The Morgan fingerprint density at radius 2 is 2.25 bits per heavy atom. The molecule has 2 heterocycles. The molecule has 1 aromatic heterocycles. The lowest BCUT2D eigenvalue weighted by atomic mass is 9.96. The first kappa shape index (κ1) is 14.9. The second-order valence-corrected chi connectivity index (χ2v) is 5.13. The molecule has 0 unspecified atom stereocenters. The number of amides is 1. The number of carbonyl (C=O) groups is 1. The molecule has 0 aromatic carbocycles. The SMILES string of the molecule is C[C@@H]1CNC[C@H]1C(=O)N(Cc1ccco1)CC(F)(F)F. The quantitative estimate of drug-likeness (QED) is 0.923. The van der Waals surface area contributed by atoms with Gasteiger partial charge in [0.25, 0.3) is 0 Å². The fraction of sp³-hybridized carbons (Fsp3) is 0.615. The number of carbonyl (C=O) groups excluding carboxylic acids is 1. The Morgan fingerprint density at radius 3 is 2.75 bits per heavy atom. The highest BCUT2D eigenvalue weighted by Crippen LogP contribution is 2.24. The smallest absolute Gasteiger partial charge is 0.406 e. The Hall–Kier alpha value is -1.50. The van der Waals surface area contributed by atoms with Crippen LogP contribution in [0.1, 0.15) is 12.7 Å². The summed E-state index contributed by atoms with van der Waals surface area (Å²) < 4.78 is 43.0. The molecular weight excluding hydrogens is 273 g/mol. The summed E-state index contributed by atoms with van der Waals surface area (Å²) in [6, 6.07) is 3.15. The maximum absolute atomic E-state index is 12.6. The summed E-state index contributed by atoms with van der Waals surface area (Å²) in [7, 11) is 0. The van der Waals surface area contributed by atoms with Crippen LogP contribution in [0.15, 0.2) is 22.8 Å². The second kappa shape index (κ2) is 5.87. The van der Waals surface area contributed by atoms with Gasteiger partial charge >= 0.3 is 6.18 Å². The van der Waals surface area contributed by atoms with Crippen molar-refractivity contribution < 1.29 is 22.4 Å². The van der Waals surface area contributed by atoms with Gasteiger partial charge in [-0.2, -0.15) is 13.2 Å². The molecule has 2 atom stereocenters. The zero-order valence-corrected chi connectivity index (χ0v) is 11.1. The molecule has 20 heavy (non-hydrogen) atoms. The summed E-state index contributed by atoms with van der Waals surface area (Å²) in [6.45, 7) is 1.52. The van der Waals surface area contributed by atoms with Crippen molar-refractivity contribution in [1.82, 2.24) is 10.2 Å². The van der Waals surface area contributed by atoms with Gasteiger partial charge in [-0.1, -0.05) is 6.92 Å². The fourth-order valence-corrected chi connectivity index (χ4v) is 2.39. The van der Waals surface area contributed by atoms with Crippen LogP contribution in [0.4, 0.5) is 13.2 Å². The molecule has 1 aliphatic rings. The standard InChI is InChI=1S/C13H17F3N2O2/c1-9-5-17-6-11(9)12(19)18(8-13(14,15)16)7-10-3-2-4-20-10/h2-4,9,11,17H,5-8H2,1H3/t9-,11-/m1/s1. The van der Waals surface area contributed by atoms with E-state index in [1.54, 1.807) is 12.1 Å². The normalized spacial score (nSPS) is 23.0. The van der Waals surface area contributed by atoms with Crippen LogP contribution in [0.25, 0.3) is 0 Å². The van der Waals surface area contributed by atoms with Crippen molar-refractivity contribution in [1.29, 1.82) is 0 Å². The van der Waals surface area contributed by atoms with Crippen LogP contribution < -0.4 is 5.32 Å². The van der Waals surface area contributed by atoms with Crippen molar-refractivity contribution in [3.8, 4) is 0 Å². The average molecular weight is 290 g/mol. The topological polar surface area (TPSA) is 45.5 Å². The van der Waals surface area contributed by atoms with Crippen LogP contribution in [0.5, 0.6) is 0 Å². The Bertz CT molecular complexity index is 445. The lowest BCUT2D eigenvalue weighted by Gasteiger charge is -2.27. The van der Waals surface area contributed by atoms with Gasteiger partial charge in [-0.3, -0.25) is 4.79 Å². The predicted octanol–water partition coefficient (Wildman–Crippen LogP) is 2.03. The van der Waals surface area contributed by atoms with Gasteiger partial charge in [-0.05, 0) is 24.6 Å². The number of alkyl halides is 3. The highest BCUT2D eigenvalue weighted by Gasteiger charge is 2.38. The summed E-state index contributed by atoms with van der Waals surface area (Å²) in [4.78, 5) is 13.1. The lowest BCUT2D eigenvalue weighted by molar-refractivity contribution is -0.165. The molecule has 0 radical (unpaired) electrons. The van der Waals surface area contributed by atoms with Gasteiger partial charge in [-0.15, -0.1) is 0 Å². The first-order chi connectivity index (χ1) is 9.37. The molecule has 1 fully saturated rings. The number of nitrogens with zero attached hydrogens (tertiary/aromatic N) is 1. The zero-order valence-electron chi connectivity index (χ0n) is 11.1. The fourth-order valence-electron chi connectivity index (χ4n) is 2.39. The molecule has 2 rings (SSSR count). The van der Waals surface area contributed by atoms with Crippen LogP contribution in [0.2, 0.25) is 0 Å². The lowest BCUT2D eigenvalue weighted by Crippen LogP contribution is -2.43. The van der Waals surface area contributed by atoms with E-state index in [0.29, 0.717) is 18.8 Å². The molecule has 1 aromatic rings. The zero-order chi connectivity index (χ0) is 14.8. The molecule has 0 aliphatic carbocycles. The van der Waals surface area contributed by atoms with Gasteiger partial charge < -0.3 is 14.6 Å². The minimum atomic E-state index is -4.42.